The Labute approximate surface area is 153 Å². The number of hydrogen-bond acceptors (Lipinski definition) is 5. The van der Waals surface area contributed by atoms with Gasteiger partial charge in [-0.05, 0) is 36.6 Å². The van der Waals surface area contributed by atoms with Crippen LogP contribution in [0.4, 0.5) is 0 Å². The molecule has 6 heteroatoms. The van der Waals surface area contributed by atoms with Crippen molar-refractivity contribution in [1.82, 2.24) is 25.1 Å². The second-order valence-corrected chi connectivity index (χ2v) is 6.59. The molecule has 1 aromatic carbocycles. The van der Waals surface area contributed by atoms with Crippen LogP contribution in [0.2, 0.25) is 0 Å². The van der Waals surface area contributed by atoms with E-state index in [1.165, 1.54) is 12.8 Å². The molecule has 1 N–H and O–H groups in total. The lowest BCUT2D eigenvalue weighted by Crippen LogP contribution is -2.20. The molecule has 0 atom stereocenters. The van der Waals surface area contributed by atoms with Crippen LogP contribution in [0, 0.1) is 0 Å². The highest BCUT2D eigenvalue weighted by Crippen LogP contribution is 2.38. The molecule has 2 heterocycles. The Hall–Kier alpha value is -2.73. The first-order valence-electron chi connectivity index (χ1n) is 9.08. The Kier molecular flexibility index (Phi) is 5.21. The van der Waals surface area contributed by atoms with Crippen molar-refractivity contribution in [2.45, 2.75) is 38.5 Å². The molecule has 1 aliphatic rings. The number of rotatable bonds is 9. The van der Waals surface area contributed by atoms with E-state index >= 15 is 0 Å². The quantitative estimate of drug-likeness (QED) is 0.602. The monoisotopic (exact) mass is 349 g/mol. The summed E-state index contributed by atoms with van der Waals surface area (Å²) in [6.07, 6.45) is 7.89. The summed E-state index contributed by atoms with van der Waals surface area (Å²) in [4.78, 5) is 4.03. The molecule has 3 aromatic rings. The molecule has 0 amide bonds. The van der Waals surface area contributed by atoms with Crippen molar-refractivity contribution in [2.75, 3.05) is 6.54 Å². The van der Waals surface area contributed by atoms with Gasteiger partial charge in [0.25, 0.3) is 0 Å². The lowest BCUT2D eigenvalue weighted by molar-refractivity contribution is 0.302. The van der Waals surface area contributed by atoms with E-state index in [9.17, 15) is 0 Å². The van der Waals surface area contributed by atoms with E-state index in [1.807, 2.05) is 36.7 Å². The lowest BCUT2D eigenvalue weighted by Gasteiger charge is -2.13. The van der Waals surface area contributed by atoms with Crippen molar-refractivity contribution in [2.24, 2.45) is 0 Å². The Morgan fingerprint density at radius 1 is 1.12 bits per heavy atom. The van der Waals surface area contributed by atoms with Crippen molar-refractivity contribution >= 4 is 0 Å². The first-order chi connectivity index (χ1) is 12.9. The lowest BCUT2D eigenvalue weighted by atomic mass is 10.2. The molecule has 6 nitrogen and oxygen atoms in total. The van der Waals surface area contributed by atoms with Gasteiger partial charge in [0.1, 0.15) is 24.5 Å². The number of ether oxygens (including phenoxy) is 1. The predicted molar refractivity (Wildman–Crippen MR) is 98.7 cm³/mol. The van der Waals surface area contributed by atoms with Crippen molar-refractivity contribution in [1.29, 1.82) is 0 Å². The third-order valence-corrected chi connectivity index (χ3v) is 4.55. The molecule has 4 rings (SSSR count). The summed E-state index contributed by atoms with van der Waals surface area (Å²) in [5.41, 5.74) is 2.27. The minimum Gasteiger partial charge on any atom is -0.489 e. The largest absolute Gasteiger partial charge is 0.489 e. The highest BCUT2D eigenvalue weighted by atomic mass is 16.5. The van der Waals surface area contributed by atoms with Crippen molar-refractivity contribution < 1.29 is 4.74 Å². The molecule has 0 unspecified atom stereocenters. The average Bonchev–Trinajstić information content (AvgIpc) is 3.43. The number of pyridine rings is 1. The van der Waals surface area contributed by atoms with Gasteiger partial charge in [-0.1, -0.05) is 18.2 Å². The molecule has 1 saturated carbocycles. The van der Waals surface area contributed by atoms with Gasteiger partial charge in [-0.3, -0.25) is 4.98 Å². The molecule has 0 bridgehead atoms. The minimum absolute atomic E-state index is 0.547. The molecule has 0 saturated heterocycles. The summed E-state index contributed by atoms with van der Waals surface area (Å²) >= 11 is 0. The van der Waals surface area contributed by atoms with Crippen LogP contribution in [0.1, 0.15) is 35.7 Å². The number of nitrogens with zero attached hydrogens (tertiary/aromatic N) is 4. The summed E-state index contributed by atoms with van der Waals surface area (Å²) < 4.78 is 8.16. The van der Waals surface area contributed by atoms with Crippen LogP contribution in [0.25, 0.3) is 0 Å². The Bertz CT molecular complexity index is 829. The second kappa shape index (κ2) is 8.10. The van der Waals surface area contributed by atoms with E-state index in [4.69, 9.17) is 4.74 Å². The van der Waals surface area contributed by atoms with Crippen LogP contribution in [-0.2, 0) is 19.7 Å². The van der Waals surface area contributed by atoms with Gasteiger partial charge >= 0.3 is 0 Å². The van der Waals surface area contributed by atoms with Gasteiger partial charge in [-0.25, -0.2) is 0 Å². The van der Waals surface area contributed by atoms with Crippen molar-refractivity contribution in [3.05, 3.63) is 72.1 Å². The van der Waals surface area contributed by atoms with Crippen molar-refractivity contribution in [3.63, 3.8) is 0 Å². The predicted octanol–water partition coefficient (Wildman–Crippen LogP) is 2.92. The summed E-state index contributed by atoms with van der Waals surface area (Å²) in [6.45, 7) is 3.08. The summed E-state index contributed by atoms with van der Waals surface area (Å²) in [5, 5.41) is 11.8. The molecule has 1 fully saturated rings. The maximum absolute atomic E-state index is 5.99. The van der Waals surface area contributed by atoms with E-state index < -0.39 is 0 Å². The molecule has 134 valence electrons. The number of benzene rings is 1. The van der Waals surface area contributed by atoms with Crippen LogP contribution in [-0.4, -0.2) is 26.3 Å². The van der Waals surface area contributed by atoms with Crippen LogP contribution in [0.5, 0.6) is 5.75 Å². The number of aromatic nitrogens is 4. The maximum atomic E-state index is 5.99. The third-order valence-electron chi connectivity index (χ3n) is 4.55. The number of hydrogen-bond donors (Lipinski definition) is 1. The standard InChI is InChI=1S/C20H23N5O/c1-2-4-19(26-14-16-7-9-21-10-8-16)18(3-1)13-22-11-12-25-15-23-24-20(25)17-5-6-17/h1-4,7-10,15,17,22H,5-6,11-14H2. The van der Waals surface area contributed by atoms with Crippen LogP contribution >= 0.6 is 0 Å². The highest BCUT2D eigenvalue weighted by Gasteiger charge is 2.28. The maximum Gasteiger partial charge on any atom is 0.135 e. The SMILES string of the molecule is c1ccc(OCc2ccncc2)c(CNCCn2cnnc2C2CC2)c1. The average molecular weight is 349 g/mol. The second-order valence-electron chi connectivity index (χ2n) is 6.59. The van der Waals surface area contributed by atoms with Crippen LogP contribution in [0.3, 0.4) is 0 Å². The van der Waals surface area contributed by atoms with E-state index in [1.54, 1.807) is 12.4 Å². The fourth-order valence-corrected chi connectivity index (χ4v) is 2.95. The molecule has 26 heavy (non-hydrogen) atoms. The molecular formula is C20H23N5O. The summed E-state index contributed by atoms with van der Waals surface area (Å²) in [7, 11) is 0. The number of nitrogens with one attached hydrogen (secondary N) is 1. The van der Waals surface area contributed by atoms with E-state index in [0.717, 1.165) is 42.3 Å². The van der Waals surface area contributed by atoms with Gasteiger partial charge in [0, 0.05) is 43.5 Å². The topological polar surface area (TPSA) is 64.9 Å². The number of para-hydroxylation sites is 1. The molecule has 0 radical (unpaired) electrons. The molecule has 1 aliphatic carbocycles. The Morgan fingerprint density at radius 3 is 2.81 bits per heavy atom. The smallest absolute Gasteiger partial charge is 0.135 e. The van der Waals surface area contributed by atoms with Gasteiger partial charge in [-0.15, -0.1) is 10.2 Å². The van der Waals surface area contributed by atoms with Crippen LogP contribution in [0.15, 0.2) is 55.1 Å². The van der Waals surface area contributed by atoms with Gasteiger partial charge in [0.2, 0.25) is 0 Å². The fourth-order valence-electron chi connectivity index (χ4n) is 2.95. The minimum atomic E-state index is 0.547. The zero-order valence-corrected chi connectivity index (χ0v) is 14.7. The van der Waals surface area contributed by atoms with Gasteiger partial charge in [-0.2, -0.15) is 0 Å². The van der Waals surface area contributed by atoms with Gasteiger partial charge in [0.05, 0.1) is 0 Å². The van der Waals surface area contributed by atoms with Crippen molar-refractivity contribution in [3.8, 4) is 5.75 Å². The Balaban J connectivity index is 1.28. The van der Waals surface area contributed by atoms with E-state index in [0.29, 0.717) is 12.5 Å². The van der Waals surface area contributed by atoms with Crippen LogP contribution < -0.4 is 10.1 Å². The summed E-state index contributed by atoms with van der Waals surface area (Å²) in [5.74, 6) is 2.67. The molecule has 0 aliphatic heterocycles. The molecule has 0 spiro atoms. The van der Waals surface area contributed by atoms with E-state index in [-0.39, 0.29) is 0 Å². The third kappa shape index (κ3) is 4.26. The van der Waals surface area contributed by atoms with E-state index in [2.05, 4.69) is 31.1 Å². The highest BCUT2D eigenvalue weighted by molar-refractivity contribution is 5.33. The molecular weight excluding hydrogens is 326 g/mol. The van der Waals surface area contributed by atoms with Gasteiger partial charge in [0.15, 0.2) is 0 Å². The zero-order chi connectivity index (χ0) is 17.6. The first-order valence-corrected chi connectivity index (χ1v) is 9.08. The molecule has 2 aromatic heterocycles. The summed E-state index contributed by atoms with van der Waals surface area (Å²) in [6, 6.07) is 12.1. The zero-order valence-electron chi connectivity index (χ0n) is 14.7. The fraction of sp³-hybridized carbons (Fsp3) is 0.350. The van der Waals surface area contributed by atoms with Gasteiger partial charge < -0.3 is 14.6 Å². The Morgan fingerprint density at radius 2 is 1.96 bits per heavy atom. The first kappa shape index (κ1) is 16.7. The normalized spacial score (nSPS) is 13.7.